The van der Waals surface area contributed by atoms with Gasteiger partial charge in [0.05, 0.1) is 18.3 Å². The lowest BCUT2D eigenvalue weighted by molar-refractivity contribution is -0.137. The molecule has 0 atom stereocenters. The molecule has 2 rings (SSSR count). The Morgan fingerprint density at radius 1 is 1.39 bits per heavy atom. The summed E-state index contributed by atoms with van der Waals surface area (Å²) in [5.74, 6) is 0.995. The lowest BCUT2D eigenvalue weighted by Crippen LogP contribution is -2.56. The highest BCUT2D eigenvalue weighted by Gasteiger charge is 2.30. The van der Waals surface area contributed by atoms with Crippen LogP contribution in [0.1, 0.15) is 19.6 Å². The maximum atomic E-state index is 12.0. The van der Waals surface area contributed by atoms with Gasteiger partial charge < -0.3 is 15.1 Å². The van der Waals surface area contributed by atoms with E-state index in [0.717, 1.165) is 38.5 Å². The summed E-state index contributed by atoms with van der Waals surface area (Å²) in [5, 5.41) is 0. The normalized spacial score (nSPS) is 18.1. The molecule has 18 heavy (non-hydrogen) atoms. The smallest absolute Gasteiger partial charge is 0.242 e. The van der Waals surface area contributed by atoms with Crippen molar-refractivity contribution >= 4 is 5.91 Å². The van der Waals surface area contributed by atoms with Crippen LogP contribution in [0, 0.1) is 0 Å². The Balaban J connectivity index is 1.83. The molecule has 1 aliphatic heterocycles. The van der Waals surface area contributed by atoms with Gasteiger partial charge in [-0.3, -0.25) is 9.69 Å². The van der Waals surface area contributed by atoms with Gasteiger partial charge in [0, 0.05) is 26.2 Å². The highest BCUT2D eigenvalue weighted by atomic mass is 16.3. The summed E-state index contributed by atoms with van der Waals surface area (Å²) in [7, 11) is 0. The zero-order valence-corrected chi connectivity index (χ0v) is 11.1. The predicted octanol–water partition coefficient (Wildman–Crippen LogP) is 0.661. The highest BCUT2D eigenvalue weighted by Crippen LogP contribution is 2.11. The monoisotopic (exact) mass is 251 g/mol. The van der Waals surface area contributed by atoms with Crippen molar-refractivity contribution in [3.63, 3.8) is 0 Å². The summed E-state index contributed by atoms with van der Waals surface area (Å²) in [5.41, 5.74) is 5.06. The third-order valence-electron chi connectivity index (χ3n) is 3.17. The van der Waals surface area contributed by atoms with Gasteiger partial charge in [0.2, 0.25) is 5.91 Å². The molecule has 1 amide bonds. The van der Waals surface area contributed by atoms with Gasteiger partial charge >= 0.3 is 0 Å². The number of carbonyl (C=O) groups excluding carboxylic acids is 1. The van der Waals surface area contributed by atoms with E-state index in [1.165, 1.54) is 0 Å². The highest BCUT2D eigenvalue weighted by molar-refractivity contribution is 5.85. The molecule has 2 N–H and O–H groups in total. The molecule has 1 saturated heterocycles. The molecular formula is C13H21N3O2. The third-order valence-corrected chi connectivity index (χ3v) is 3.17. The number of carbonyl (C=O) groups is 1. The summed E-state index contributed by atoms with van der Waals surface area (Å²) >= 11 is 0. The first-order valence-electron chi connectivity index (χ1n) is 6.30. The van der Waals surface area contributed by atoms with E-state index in [-0.39, 0.29) is 5.91 Å². The standard InChI is InChI=1S/C13H21N3O2/c1-13(2,14)12(17)16-7-5-15(6-8-16)10-11-4-3-9-18-11/h3-4,9H,5-8,10,14H2,1-2H3. The minimum absolute atomic E-state index is 0.0279. The SMILES string of the molecule is CC(C)(N)C(=O)N1CCN(Cc2ccco2)CC1. The van der Waals surface area contributed by atoms with Crippen molar-refractivity contribution < 1.29 is 9.21 Å². The Kier molecular flexibility index (Phi) is 3.73. The Morgan fingerprint density at radius 2 is 2.06 bits per heavy atom. The molecule has 0 unspecified atom stereocenters. The van der Waals surface area contributed by atoms with Crippen molar-refractivity contribution in [3.8, 4) is 0 Å². The minimum atomic E-state index is -0.775. The second-order valence-electron chi connectivity index (χ2n) is 5.37. The summed E-state index contributed by atoms with van der Waals surface area (Å²) < 4.78 is 5.32. The molecule has 2 heterocycles. The fourth-order valence-electron chi connectivity index (χ4n) is 2.14. The van der Waals surface area contributed by atoms with Gasteiger partial charge in [0.15, 0.2) is 0 Å². The van der Waals surface area contributed by atoms with Crippen molar-refractivity contribution in [2.45, 2.75) is 25.9 Å². The number of piperazine rings is 1. The van der Waals surface area contributed by atoms with Crippen LogP contribution in [0.15, 0.2) is 22.8 Å². The van der Waals surface area contributed by atoms with Gasteiger partial charge in [-0.05, 0) is 26.0 Å². The van der Waals surface area contributed by atoms with Gasteiger partial charge in [-0.15, -0.1) is 0 Å². The van der Waals surface area contributed by atoms with Crippen molar-refractivity contribution in [2.75, 3.05) is 26.2 Å². The second kappa shape index (κ2) is 5.12. The maximum Gasteiger partial charge on any atom is 0.242 e. The molecule has 0 aromatic carbocycles. The van der Waals surface area contributed by atoms with Gasteiger partial charge in [0.1, 0.15) is 5.76 Å². The first-order valence-corrected chi connectivity index (χ1v) is 6.30. The molecule has 0 saturated carbocycles. The number of rotatable bonds is 3. The Morgan fingerprint density at radius 3 is 2.56 bits per heavy atom. The first kappa shape index (κ1) is 13.1. The quantitative estimate of drug-likeness (QED) is 0.857. The number of hydrogen-bond donors (Lipinski definition) is 1. The van der Waals surface area contributed by atoms with Crippen LogP contribution >= 0.6 is 0 Å². The van der Waals surface area contributed by atoms with Crippen molar-refractivity contribution in [1.29, 1.82) is 0 Å². The number of nitrogens with zero attached hydrogens (tertiary/aromatic N) is 2. The molecule has 1 fully saturated rings. The van der Waals surface area contributed by atoms with E-state index < -0.39 is 5.54 Å². The fraction of sp³-hybridized carbons (Fsp3) is 0.615. The second-order valence-corrected chi connectivity index (χ2v) is 5.37. The molecule has 0 aliphatic carbocycles. The minimum Gasteiger partial charge on any atom is -0.468 e. The van der Waals surface area contributed by atoms with Gasteiger partial charge in [-0.1, -0.05) is 0 Å². The predicted molar refractivity (Wildman–Crippen MR) is 68.8 cm³/mol. The van der Waals surface area contributed by atoms with Crippen molar-refractivity contribution in [1.82, 2.24) is 9.80 Å². The zero-order chi connectivity index (χ0) is 13.2. The molecule has 5 nitrogen and oxygen atoms in total. The molecule has 0 bridgehead atoms. The summed E-state index contributed by atoms with van der Waals surface area (Å²) in [6.07, 6.45) is 1.69. The molecule has 0 radical (unpaired) electrons. The average Bonchev–Trinajstić information content (AvgIpc) is 2.81. The van der Waals surface area contributed by atoms with Gasteiger partial charge in [0.25, 0.3) is 0 Å². The van der Waals surface area contributed by atoms with E-state index in [9.17, 15) is 4.79 Å². The van der Waals surface area contributed by atoms with Crippen LogP contribution in [-0.4, -0.2) is 47.4 Å². The summed E-state index contributed by atoms with van der Waals surface area (Å²) in [6.45, 7) is 7.52. The first-order chi connectivity index (χ1) is 8.47. The number of furan rings is 1. The number of hydrogen-bond acceptors (Lipinski definition) is 4. The lowest BCUT2D eigenvalue weighted by atomic mass is 10.0. The van der Waals surface area contributed by atoms with E-state index in [4.69, 9.17) is 10.2 Å². The van der Waals surface area contributed by atoms with Crippen LogP contribution < -0.4 is 5.73 Å². The van der Waals surface area contributed by atoms with Crippen molar-refractivity contribution in [2.24, 2.45) is 5.73 Å². The molecule has 100 valence electrons. The van der Waals surface area contributed by atoms with Crippen LogP contribution in [0.3, 0.4) is 0 Å². The van der Waals surface area contributed by atoms with E-state index in [1.54, 1.807) is 20.1 Å². The zero-order valence-electron chi connectivity index (χ0n) is 11.1. The molecular weight excluding hydrogens is 230 g/mol. The van der Waals surface area contributed by atoms with E-state index in [2.05, 4.69) is 4.90 Å². The Labute approximate surface area is 108 Å². The van der Waals surface area contributed by atoms with Gasteiger partial charge in [-0.25, -0.2) is 0 Å². The fourth-order valence-corrected chi connectivity index (χ4v) is 2.14. The van der Waals surface area contributed by atoms with Crippen molar-refractivity contribution in [3.05, 3.63) is 24.2 Å². The van der Waals surface area contributed by atoms with E-state index in [1.807, 2.05) is 17.0 Å². The molecule has 1 aromatic heterocycles. The van der Waals surface area contributed by atoms with Crippen LogP contribution in [0.4, 0.5) is 0 Å². The van der Waals surface area contributed by atoms with Crippen LogP contribution in [-0.2, 0) is 11.3 Å². The third kappa shape index (κ3) is 3.11. The van der Waals surface area contributed by atoms with Gasteiger partial charge in [-0.2, -0.15) is 0 Å². The number of nitrogens with two attached hydrogens (primary N) is 1. The van der Waals surface area contributed by atoms with E-state index >= 15 is 0 Å². The molecule has 1 aliphatic rings. The summed E-state index contributed by atoms with van der Waals surface area (Å²) in [6, 6.07) is 3.87. The summed E-state index contributed by atoms with van der Waals surface area (Å²) in [4.78, 5) is 16.1. The van der Waals surface area contributed by atoms with Crippen LogP contribution in [0.25, 0.3) is 0 Å². The van der Waals surface area contributed by atoms with E-state index in [0.29, 0.717) is 0 Å². The Hall–Kier alpha value is -1.33. The van der Waals surface area contributed by atoms with Crippen LogP contribution in [0.5, 0.6) is 0 Å². The Bertz CT molecular complexity index is 387. The topological polar surface area (TPSA) is 62.7 Å². The van der Waals surface area contributed by atoms with Crippen LogP contribution in [0.2, 0.25) is 0 Å². The molecule has 0 spiro atoms. The maximum absolute atomic E-state index is 12.0. The largest absolute Gasteiger partial charge is 0.468 e. The molecule has 1 aromatic rings. The molecule has 5 heteroatoms. The lowest BCUT2D eigenvalue weighted by Gasteiger charge is -2.37. The number of amides is 1. The average molecular weight is 251 g/mol.